The molecule has 4 N–H and O–H groups in total. The van der Waals surface area contributed by atoms with Crippen LogP contribution >= 0.6 is 11.8 Å². The van der Waals surface area contributed by atoms with Gasteiger partial charge in [-0.25, -0.2) is 4.68 Å². The smallest absolute Gasteiger partial charge is 0.234 e. The number of amides is 2. The summed E-state index contributed by atoms with van der Waals surface area (Å²) in [7, 11) is 0. The van der Waals surface area contributed by atoms with Crippen molar-refractivity contribution in [2.45, 2.75) is 44.9 Å². The number of aromatic nitrogens is 3. The molecule has 0 saturated heterocycles. The van der Waals surface area contributed by atoms with Crippen LogP contribution in [0.1, 0.15) is 39.1 Å². The lowest BCUT2D eigenvalue weighted by atomic mass is 9.87. The molecule has 0 spiro atoms. The van der Waals surface area contributed by atoms with Gasteiger partial charge in [-0.2, -0.15) is 0 Å². The van der Waals surface area contributed by atoms with Crippen LogP contribution in [-0.2, 0) is 21.6 Å². The number of carbonyl (C=O) groups excluding carboxylic acids is 2. The van der Waals surface area contributed by atoms with Crippen molar-refractivity contribution >= 4 is 35.0 Å². The van der Waals surface area contributed by atoms with Gasteiger partial charge in [0.05, 0.1) is 5.75 Å². The lowest BCUT2D eigenvalue weighted by molar-refractivity contribution is -0.114. The number of nitrogen functional groups attached to an aromatic ring is 1. The van der Waals surface area contributed by atoms with Gasteiger partial charge in [0.1, 0.15) is 12.4 Å². The van der Waals surface area contributed by atoms with Crippen molar-refractivity contribution in [1.82, 2.24) is 14.9 Å². The van der Waals surface area contributed by atoms with Crippen LogP contribution in [0.2, 0.25) is 0 Å². The first-order chi connectivity index (χ1) is 15.6. The van der Waals surface area contributed by atoms with Crippen LogP contribution in [0.5, 0.6) is 5.75 Å². The van der Waals surface area contributed by atoms with E-state index in [1.54, 1.807) is 24.3 Å². The number of nitrogens with zero attached hydrogens (tertiary/aromatic N) is 3. The Morgan fingerprint density at radius 2 is 1.73 bits per heavy atom. The summed E-state index contributed by atoms with van der Waals surface area (Å²) in [6.45, 7) is 8.04. The molecule has 3 aromatic rings. The van der Waals surface area contributed by atoms with Gasteiger partial charge in [0.15, 0.2) is 5.82 Å². The van der Waals surface area contributed by atoms with Crippen LogP contribution in [0.15, 0.2) is 53.7 Å². The molecule has 1 heterocycles. The number of carbonyl (C=O) groups is 2. The fourth-order valence-corrected chi connectivity index (χ4v) is 3.58. The van der Waals surface area contributed by atoms with Crippen molar-refractivity contribution in [2.24, 2.45) is 0 Å². The number of thioether (sulfide) groups is 1. The lowest BCUT2D eigenvalue weighted by Gasteiger charge is -2.19. The summed E-state index contributed by atoms with van der Waals surface area (Å²) >= 11 is 1.16. The van der Waals surface area contributed by atoms with Crippen molar-refractivity contribution in [1.29, 1.82) is 0 Å². The quantitative estimate of drug-likeness (QED) is 0.341. The van der Waals surface area contributed by atoms with E-state index < -0.39 is 0 Å². The molecule has 2 aromatic carbocycles. The van der Waals surface area contributed by atoms with E-state index in [1.807, 2.05) is 24.3 Å². The van der Waals surface area contributed by atoms with Crippen LogP contribution in [0, 0.1) is 0 Å². The Bertz CT molecular complexity index is 1120. The molecule has 9 nitrogen and oxygen atoms in total. The maximum Gasteiger partial charge on any atom is 0.234 e. The van der Waals surface area contributed by atoms with Gasteiger partial charge in [-0.1, -0.05) is 50.7 Å². The summed E-state index contributed by atoms with van der Waals surface area (Å²) < 4.78 is 7.09. The molecule has 0 aliphatic carbocycles. The Morgan fingerprint density at radius 3 is 2.36 bits per heavy atom. The summed E-state index contributed by atoms with van der Waals surface area (Å²) in [6.07, 6.45) is 0. The fourth-order valence-electron chi connectivity index (χ4n) is 2.91. The van der Waals surface area contributed by atoms with Crippen molar-refractivity contribution < 1.29 is 14.3 Å². The van der Waals surface area contributed by atoms with Gasteiger partial charge in [-0.05, 0) is 41.3 Å². The van der Waals surface area contributed by atoms with Gasteiger partial charge in [-0.15, -0.1) is 10.2 Å². The third-order valence-corrected chi connectivity index (χ3v) is 5.57. The minimum atomic E-state index is -0.236. The highest BCUT2D eigenvalue weighted by molar-refractivity contribution is 7.99. The molecule has 1 aromatic heterocycles. The van der Waals surface area contributed by atoms with Crippen molar-refractivity contribution in [3.05, 3.63) is 59.9 Å². The number of hydrogen-bond donors (Lipinski definition) is 3. The van der Waals surface area contributed by atoms with Gasteiger partial charge in [0.2, 0.25) is 17.0 Å². The minimum Gasteiger partial charge on any atom is -0.486 e. The Hall–Kier alpha value is -3.53. The Morgan fingerprint density at radius 1 is 1.06 bits per heavy atom. The number of nitrogens with one attached hydrogen (secondary N) is 2. The van der Waals surface area contributed by atoms with E-state index >= 15 is 0 Å². The molecule has 0 aliphatic heterocycles. The van der Waals surface area contributed by atoms with Gasteiger partial charge in [0.25, 0.3) is 0 Å². The second-order valence-electron chi connectivity index (χ2n) is 8.43. The van der Waals surface area contributed by atoms with E-state index in [0.29, 0.717) is 28.1 Å². The third kappa shape index (κ3) is 6.98. The predicted molar refractivity (Wildman–Crippen MR) is 130 cm³/mol. The predicted octanol–water partition coefficient (Wildman–Crippen LogP) is 3.56. The highest BCUT2D eigenvalue weighted by Gasteiger charge is 2.15. The summed E-state index contributed by atoms with van der Waals surface area (Å²) in [5.41, 5.74) is 2.47. The van der Waals surface area contributed by atoms with E-state index in [9.17, 15) is 9.59 Å². The zero-order valence-electron chi connectivity index (χ0n) is 19.1. The maximum atomic E-state index is 12.3. The molecule has 174 valence electrons. The number of hydrogen-bond acceptors (Lipinski definition) is 7. The van der Waals surface area contributed by atoms with E-state index in [-0.39, 0.29) is 29.6 Å². The molecule has 0 saturated carbocycles. The number of nitrogens with two attached hydrogens (primary N) is 1. The number of rotatable bonds is 8. The molecular weight excluding hydrogens is 440 g/mol. The zero-order valence-corrected chi connectivity index (χ0v) is 19.9. The zero-order chi connectivity index (χ0) is 24.0. The van der Waals surface area contributed by atoms with E-state index in [0.717, 1.165) is 11.8 Å². The Kier molecular flexibility index (Phi) is 7.59. The molecule has 3 rings (SSSR count). The van der Waals surface area contributed by atoms with Crippen LogP contribution in [0.3, 0.4) is 0 Å². The summed E-state index contributed by atoms with van der Waals surface area (Å²) in [4.78, 5) is 23.5. The molecule has 10 heteroatoms. The number of ether oxygens (including phenoxy) is 1. The average molecular weight is 469 g/mol. The first-order valence-electron chi connectivity index (χ1n) is 10.3. The van der Waals surface area contributed by atoms with Crippen molar-refractivity contribution in [3.63, 3.8) is 0 Å². The van der Waals surface area contributed by atoms with E-state index in [4.69, 9.17) is 10.6 Å². The lowest BCUT2D eigenvalue weighted by Crippen LogP contribution is -2.18. The van der Waals surface area contributed by atoms with Crippen LogP contribution in [0.4, 0.5) is 11.4 Å². The van der Waals surface area contributed by atoms with Crippen molar-refractivity contribution in [3.8, 4) is 5.75 Å². The summed E-state index contributed by atoms with van der Waals surface area (Å²) in [6, 6.07) is 14.8. The fraction of sp³-hybridized carbons (Fsp3) is 0.304. The van der Waals surface area contributed by atoms with Crippen LogP contribution in [0.25, 0.3) is 0 Å². The number of benzene rings is 2. The highest BCUT2D eigenvalue weighted by atomic mass is 32.2. The molecule has 0 bridgehead atoms. The van der Waals surface area contributed by atoms with Crippen LogP contribution in [-0.4, -0.2) is 32.4 Å². The minimum absolute atomic E-state index is 0.0720. The van der Waals surface area contributed by atoms with Gasteiger partial charge in [-0.3, -0.25) is 9.59 Å². The van der Waals surface area contributed by atoms with E-state index in [2.05, 4.69) is 41.6 Å². The maximum absolute atomic E-state index is 12.3. The molecule has 0 fully saturated rings. The largest absolute Gasteiger partial charge is 0.486 e. The highest BCUT2D eigenvalue weighted by Crippen LogP contribution is 2.25. The second-order valence-corrected chi connectivity index (χ2v) is 9.37. The normalized spacial score (nSPS) is 11.2. The first-order valence-corrected chi connectivity index (χ1v) is 11.3. The van der Waals surface area contributed by atoms with Crippen molar-refractivity contribution in [2.75, 3.05) is 22.2 Å². The van der Waals surface area contributed by atoms with E-state index in [1.165, 1.54) is 17.2 Å². The summed E-state index contributed by atoms with van der Waals surface area (Å²) in [5, 5.41) is 14.0. The standard InChI is InChI=1S/C23H28N6O3S/c1-15(30)25-17-6-5-7-18(12-17)26-21(31)14-33-22-28-27-20(29(22)24)13-32-19-10-8-16(9-11-19)23(2,3)4/h5-12H,13-14,24H2,1-4H3,(H,25,30)(H,26,31). The topological polar surface area (TPSA) is 124 Å². The van der Waals surface area contributed by atoms with Crippen LogP contribution < -0.4 is 21.2 Å². The number of anilines is 2. The third-order valence-electron chi connectivity index (χ3n) is 4.62. The molecular formula is C23H28N6O3S. The molecule has 0 radical (unpaired) electrons. The monoisotopic (exact) mass is 468 g/mol. The van der Waals surface area contributed by atoms with Gasteiger partial charge >= 0.3 is 0 Å². The van der Waals surface area contributed by atoms with Gasteiger partial charge < -0.3 is 21.2 Å². The second kappa shape index (κ2) is 10.4. The van der Waals surface area contributed by atoms with Gasteiger partial charge in [0, 0.05) is 18.3 Å². The molecule has 0 unspecified atom stereocenters. The molecule has 33 heavy (non-hydrogen) atoms. The average Bonchev–Trinajstić information content (AvgIpc) is 3.09. The first kappa shape index (κ1) is 24.1. The molecule has 0 aliphatic rings. The molecule has 0 atom stereocenters. The SMILES string of the molecule is CC(=O)Nc1cccc(NC(=O)CSc2nnc(COc3ccc(C(C)(C)C)cc3)n2N)c1. The Balaban J connectivity index is 1.51. The summed E-state index contributed by atoms with van der Waals surface area (Å²) in [5.74, 6) is 6.90. The Labute approximate surface area is 197 Å². The molecule has 2 amide bonds.